The second-order valence-corrected chi connectivity index (χ2v) is 6.52. The molecule has 0 amide bonds. The largest absolute Gasteiger partial charge is 0.351 e. The third kappa shape index (κ3) is 2.20. The smallest absolute Gasteiger partial charge is 0.248 e. The lowest BCUT2D eigenvalue weighted by molar-refractivity contribution is -0.0955. The van der Waals surface area contributed by atoms with Gasteiger partial charge in [-0.2, -0.15) is 0 Å². The van der Waals surface area contributed by atoms with Crippen LogP contribution in [0.2, 0.25) is 0 Å². The molecule has 2 fully saturated rings. The van der Waals surface area contributed by atoms with Crippen molar-refractivity contribution in [2.45, 2.75) is 57.5 Å². The van der Waals surface area contributed by atoms with Crippen molar-refractivity contribution in [3.8, 4) is 0 Å². The van der Waals surface area contributed by atoms with Crippen LogP contribution in [0, 0.1) is 5.41 Å². The number of nitrogens with one attached hydrogen (secondary N) is 1. The van der Waals surface area contributed by atoms with Crippen LogP contribution in [0.4, 0.5) is 8.78 Å². The van der Waals surface area contributed by atoms with Crippen molar-refractivity contribution in [1.82, 2.24) is 9.88 Å². The maximum absolute atomic E-state index is 13.3. The zero-order chi connectivity index (χ0) is 13.7. The Morgan fingerprint density at radius 2 is 1.95 bits per heavy atom. The Morgan fingerprint density at radius 3 is 2.42 bits per heavy atom. The molecule has 4 heteroatoms. The molecule has 2 heterocycles. The molecule has 1 saturated carbocycles. The molecule has 0 unspecified atom stereocenters. The van der Waals surface area contributed by atoms with Crippen molar-refractivity contribution < 1.29 is 8.78 Å². The highest BCUT2D eigenvalue weighted by Crippen LogP contribution is 2.54. The summed E-state index contributed by atoms with van der Waals surface area (Å²) in [4.78, 5) is 0. The highest BCUT2D eigenvalue weighted by molar-refractivity contribution is 5.24. The van der Waals surface area contributed by atoms with Gasteiger partial charge >= 0.3 is 0 Å². The molecule has 0 radical (unpaired) electrons. The summed E-state index contributed by atoms with van der Waals surface area (Å²) in [6, 6.07) is 2.84. The molecule has 1 aliphatic carbocycles. The first-order valence-corrected chi connectivity index (χ1v) is 7.21. The van der Waals surface area contributed by atoms with E-state index < -0.39 is 5.92 Å². The first-order chi connectivity index (χ1) is 8.92. The monoisotopic (exact) mass is 268 g/mol. The highest BCUT2D eigenvalue weighted by Gasteiger charge is 2.52. The van der Waals surface area contributed by atoms with Crippen LogP contribution < -0.4 is 5.32 Å². The Kier molecular flexibility index (Phi) is 2.97. The number of halogens is 2. The Labute approximate surface area is 113 Å². The minimum atomic E-state index is -2.44. The van der Waals surface area contributed by atoms with Crippen LogP contribution in [-0.2, 0) is 0 Å². The van der Waals surface area contributed by atoms with Crippen LogP contribution in [0.25, 0.3) is 0 Å². The molecule has 1 aromatic heterocycles. The maximum atomic E-state index is 13.3. The van der Waals surface area contributed by atoms with Crippen LogP contribution in [0.5, 0.6) is 0 Å². The van der Waals surface area contributed by atoms with Crippen molar-refractivity contribution in [1.29, 1.82) is 0 Å². The van der Waals surface area contributed by atoms with Gasteiger partial charge in [-0.3, -0.25) is 0 Å². The van der Waals surface area contributed by atoms with E-state index in [9.17, 15) is 8.78 Å². The van der Waals surface area contributed by atoms with Gasteiger partial charge in [0.25, 0.3) is 0 Å². The zero-order valence-electron chi connectivity index (χ0n) is 11.6. The normalized spacial score (nSPS) is 28.6. The van der Waals surface area contributed by atoms with Gasteiger partial charge < -0.3 is 9.88 Å². The lowest BCUT2D eigenvalue weighted by Gasteiger charge is -2.54. The molecule has 1 saturated heterocycles. The Bertz CT molecular complexity index is 454. The molecular formula is C15H22F2N2. The van der Waals surface area contributed by atoms with Gasteiger partial charge in [-0.1, -0.05) is 0 Å². The standard InChI is InChI=1S/C15H22F2N2/c1-11(2)19-8-3-12(9-19)13-14(10-18-13)4-6-15(16,17)7-5-14/h3,8-9,11,13,18H,4-7,10H2,1-2H3/t13-/m1/s1. The molecule has 0 aromatic carbocycles. The zero-order valence-corrected chi connectivity index (χ0v) is 11.6. The van der Waals surface area contributed by atoms with Gasteiger partial charge in [0.15, 0.2) is 0 Å². The van der Waals surface area contributed by atoms with Gasteiger partial charge in [-0.15, -0.1) is 0 Å². The fourth-order valence-electron chi connectivity index (χ4n) is 3.47. The van der Waals surface area contributed by atoms with Crippen LogP contribution in [0.3, 0.4) is 0 Å². The lowest BCUT2D eigenvalue weighted by Crippen LogP contribution is -2.58. The molecular weight excluding hydrogens is 246 g/mol. The number of hydrogen-bond donors (Lipinski definition) is 1. The van der Waals surface area contributed by atoms with Gasteiger partial charge in [0.05, 0.1) is 0 Å². The predicted molar refractivity (Wildman–Crippen MR) is 71.4 cm³/mol. The van der Waals surface area contributed by atoms with E-state index in [0.717, 1.165) is 6.54 Å². The van der Waals surface area contributed by atoms with Gasteiger partial charge in [0.2, 0.25) is 5.92 Å². The van der Waals surface area contributed by atoms with Crippen LogP contribution >= 0.6 is 0 Å². The van der Waals surface area contributed by atoms with E-state index in [-0.39, 0.29) is 24.3 Å². The van der Waals surface area contributed by atoms with Gasteiger partial charge in [0, 0.05) is 49.3 Å². The summed E-state index contributed by atoms with van der Waals surface area (Å²) in [5.41, 5.74) is 1.33. The summed E-state index contributed by atoms with van der Waals surface area (Å²) in [7, 11) is 0. The first-order valence-electron chi connectivity index (χ1n) is 7.21. The van der Waals surface area contributed by atoms with Gasteiger partial charge in [0.1, 0.15) is 0 Å². The SMILES string of the molecule is CC(C)n1ccc([C@H]2NCC23CCC(F)(F)CC3)c1. The second-order valence-electron chi connectivity index (χ2n) is 6.52. The summed E-state index contributed by atoms with van der Waals surface area (Å²) >= 11 is 0. The minimum Gasteiger partial charge on any atom is -0.351 e. The topological polar surface area (TPSA) is 17.0 Å². The Hall–Kier alpha value is -0.900. The lowest BCUT2D eigenvalue weighted by atomic mass is 9.62. The molecule has 1 aromatic rings. The molecule has 1 N–H and O–H groups in total. The average molecular weight is 268 g/mol. The average Bonchev–Trinajstić information content (AvgIpc) is 2.77. The van der Waals surface area contributed by atoms with E-state index in [1.807, 2.05) is 0 Å². The van der Waals surface area contributed by atoms with E-state index in [1.165, 1.54) is 5.56 Å². The number of nitrogens with zero attached hydrogens (tertiary/aromatic N) is 1. The number of alkyl halides is 2. The fourth-order valence-corrected chi connectivity index (χ4v) is 3.47. The second kappa shape index (κ2) is 4.30. The molecule has 0 bridgehead atoms. The molecule has 106 valence electrons. The van der Waals surface area contributed by atoms with Gasteiger partial charge in [-0.25, -0.2) is 8.78 Å². The van der Waals surface area contributed by atoms with E-state index in [1.54, 1.807) is 0 Å². The molecule has 1 aliphatic heterocycles. The van der Waals surface area contributed by atoms with E-state index >= 15 is 0 Å². The van der Waals surface area contributed by atoms with Gasteiger partial charge in [-0.05, 0) is 38.3 Å². The third-order valence-electron chi connectivity index (χ3n) is 4.91. The predicted octanol–water partition coefficient (Wildman–Crippen LogP) is 3.91. The quantitative estimate of drug-likeness (QED) is 0.860. The van der Waals surface area contributed by atoms with Crippen molar-refractivity contribution in [3.63, 3.8) is 0 Å². The first kappa shape index (κ1) is 13.1. The van der Waals surface area contributed by atoms with Crippen molar-refractivity contribution in [3.05, 3.63) is 24.0 Å². The number of aromatic nitrogens is 1. The highest BCUT2D eigenvalue weighted by atomic mass is 19.3. The van der Waals surface area contributed by atoms with E-state index in [0.29, 0.717) is 18.9 Å². The Morgan fingerprint density at radius 1 is 1.26 bits per heavy atom. The summed E-state index contributed by atoms with van der Waals surface area (Å²) in [5, 5.41) is 3.44. The summed E-state index contributed by atoms with van der Waals surface area (Å²) in [6.07, 6.45) is 5.64. The number of hydrogen-bond acceptors (Lipinski definition) is 1. The van der Waals surface area contributed by atoms with Crippen molar-refractivity contribution in [2.24, 2.45) is 5.41 Å². The number of rotatable bonds is 2. The van der Waals surface area contributed by atoms with Crippen molar-refractivity contribution in [2.75, 3.05) is 6.54 Å². The van der Waals surface area contributed by atoms with Crippen LogP contribution in [-0.4, -0.2) is 17.0 Å². The molecule has 3 rings (SSSR count). The summed E-state index contributed by atoms with van der Waals surface area (Å²) < 4.78 is 28.8. The van der Waals surface area contributed by atoms with Crippen LogP contribution in [0.1, 0.15) is 57.2 Å². The van der Waals surface area contributed by atoms with E-state index in [2.05, 4.69) is 42.2 Å². The van der Waals surface area contributed by atoms with Crippen LogP contribution in [0.15, 0.2) is 18.5 Å². The fraction of sp³-hybridized carbons (Fsp3) is 0.733. The third-order valence-corrected chi connectivity index (χ3v) is 4.91. The summed E-state index contributed by atoms with van der Waals surface area (Å²) in [6.45, 7) is 5.18. The Balaban J connectivity index is 1.75. The molecule has 1 atom stereocenters. The molecule has 2 nitrogen and oxygen atoms in total. The van der Waals surface area contributed by atoms with E-state index in [4.69, 9.17) is 0 Å². The maximum Gasteiger partial charge on any atom is 0.248 e. The molecule has 1 spiro atoms. The summed E-state index contributed by atoms with van der Waals surface area (Å²) in [5.74, 6) is -2.44. The molecule has 19 heavy (non-hydrogen) atoms. The van der Waals surface area contributed by atoms with Crippen molar-refractivity contribution >= 4 is 0 Å². The minimum absolute atomic E-state index is 0.0517. The molecule has 2 aliphatic rings.